The summed E-state index contributed by atoms with van der Waals surface area (Å²) in [6.07, 6.45) is 3.90. The van der Waals surface area contributed by atoms with Crippen LogP contribution in [0.1, 0.15) is 99.8 Å². The first-order valence-corrected chi connectivity index (χ1v) is 14.1. The minimum absolute atomic E-state index is 0.0869. The van der Waals surface area contributed by atoms with Gasteiger partial charge in [0.1, 0.15) is 0 Å². The average Bonchev–Trinajstić information content (AvgIpc) is 2.98. The molecule has 8 unspecified atom stereocenters. The molecule has 36 heavy (non-hydrogen) atoms. The number of aliphatic carboxylic acids is 1. The first-order chi connectivity index (χ1) is 16.5. The van der Waals surface area contributed by atoms with Gasteiger partial charge in [-0.3, -0.25) is 9.59 Å². The van der Waals surface area contributed by atoms with Gasteiger partial charge in [-0.2, -0.15) is 0 Å². The number of carboxylic acids is 1. The minimum atomic E-state index is -0.856. The molecule has 3 N–H and O–H groups in total. The Morgan fingerprint density at radius 3 is 2.33 bits per heavy atom. The number of carboxylic acid groups (broad SMARTS) is 1. The molecule has 0 aromatic carbocycles. The largest absolute Gasteiger partial charge is 0.481 e. The molecule has 5 heteroatoms. The van der Waals surface area contributed by atoms with Gasteiger partial charge < -0.3 is 15.3 Å². The van der Waals surface area contributed by atoms with Gasteiger partial charge in [0.25, 0.3) is 0 Å². The first-order valence-electron chi connectivity index (χ1n) is 14.1. The SMILES string of the molecule is C=C(CCC(C(=O)O)C1C(O)CC2(C)C3=C(CCC12C)C1(C)CCC(O)C(C)(C)C1CC3=O)C(C)C. The third-order valence-corrected chi connectivity index (χ3v) is 11.9. The second-order valence-electron chi connectivity index (χ2n) is 14.2. The van der Waals surface area contributed by atoms with E-state index in [0.29, 0.717) is 31.6 Å². The number of Topliss-reactive ketones (excluding diaryl/α,β-unsaturated/α-hetero) is 1. The van der Waals surface area contributed by atoms with E-state index in [2.05, 4.69) is 55.0 Å². The number of hydrogen-bond donors (Lipinski definition) is 3. The maximum Gasteiger partial charge on any atom is 0.306 e. The minimum Gasteiger partial charge on any atom is -0.481 e. The fraction of sp³-hybridized carbons (Fsp3) is 0.806. The van der Waals surface area contributed by atoms with Crippen molar-refractivity contribution in [3.63, 3.8) is 0 Å². The maximum absolute atomic E-state index is 14.0. The molecule has 0 aliphatic heterocycles. The number of aliphatic hydroxyl groups excluding tert-OH is 2. The molecule has 0 spiro atoms. The Labute approximate surface area is 217 Å². The monoisotopic (exact) mass is 500 g/mol. The van der Waals surface area contributed by atoms with E-state index in [1.807, 2.05) is 0 Å². The number of carbonyl (C=O) groups is 2. The van der Waals surface area contributed by atoms with Crippen LogP contribution in [0.4, 0.5) is 0 Å². The van der Waals surface area contributed by atoms with E-state index < -0.39 is 40.8 Å². The Bertz CT molecular complexity index is 991. The molecule has 0 aromatic heterocycles. The number of rotatable bonds is 6. The number of aliphatic hydroxyl groups is 2. The summed E-state index contributed by atoms with van der Waals surface area (Å²) < 4.78 is 0. The predicted octanol–water partition coefficient (Wildman–Crippen LogP) is 5.94. The van der Waals surface area contributed by atoms with Crippen molar-refractivity contribution in [2.24, 2.45) is 45.3 Å². The third kappa shape index (κ3) is 3.70. The Morgan fingerprint density at radius 2 is 1.75 bits per heavy atom. The van der Waals surface area contributed by atoms with Crippen LogP contribution in [0.3, 0.4) is 0 Å². The van der Waals surface area contributed by atoms with Gasteiger partial charge in [0.15, 0.2) is 5.78 Å². The predicted molar refractivity (Wildman–Crippen MR) is 141 cm³/mol. The van der Waals surface area contributed by atoms with Crippen LogP contribution in [0, 0.1) is 45.3 Å². The summed E-state index contributed by atoms with van der Waals surface area (Å²) in [5, 5.41) is 32.6. The van der Waals surface area contributed by atoms with Crippen LogP contribution in [-0.4, -0.2) is 39.3 Å². The lowest BCUT2D eigenvalue weighted by molar-refractivity contribution is -0.149. The van der Waals surface area contributed by atoms with Crippen LogP contribution in [-0.2, 0) is 9.59 Å². The van der Waals surface area contributed by atoms with Crippen molar-refractivity contribution in [3.05, 3.63) is 23.3 Å². The van der Waals surface area contributed by atoms with Crippen LogP contribution in [0.25, 0.3) is 0 Å². The van der Waals surface area contributed by atoms with E-state index in [9.17, 15) is 24.9 Å². The summed E-state index contributed by atoms with van der Waals surface area (Å²) in [4.78, 5) is 26.5. The number of fused-ring (bicyclic) bond motifs is 4. The summed E-state index contributed by atoms with van der Waals surface area (Å²) in [5.41, 5.74) is 1.64. The van der Waals surface area contributed by atoms with E-state index in [1.165, 1.54) is 5.57 Å². The highest BCUT2D eigenvalue weighted by atomic mass is 16.4. The molecule has 202 valence electrons. The number of carbonyl (C=O) groups excluding carboxylic acids is 1. The lowest BCUT2D eigenvalue weighted by Gasteiger charge is -2.61. The molecule has 4 rings (SSSR count). The number of allylic oxidation sites excluding steroid dienone is 3. The van der Waals surface area contributed by atoms with Crippen LogP contribution in [0.15, 0.2) is 23.3 Å². The van der Waals surface area contributed by atoms with E-state index in [1.54, 1.807) is 0 Å². The summed E-state index contributed by atoms with van der Waals surface area (Å²) in [5.74, 6) is -1.40. The van der Waals surface area contributed by atoms with Gasteiger partial charge in [0, 0.05) is 23.3 Å². The Balaban J connectivity index is 1.77. The fourth-order valence-electron chi connectivity index (χ4n) is 9.26. The van der Waals surface area contributed by atoms with Crippen molar-refractivity contribution in [2.45, 2.75) is 112 Å². The van der Waals surface area contributed by atoms with Crippen LogP contribution in [0.2, 0.25) is 0 Å². The van der Waals surface area contributed by atoms with Crippen LogP contribution < -0.4 is 0 Å². The lowest BCUT2D eigenvalue weighted by Crippen LogP contribution is -2.57. The molecule has 5 nitrogen and oxygen atoms in total. The zero-order valence-corrected chi connectivity index (χ0v) is 23.5. The van der Waals surface area contributed by atoms with Crippen LogP contribution >= 0.6 is 0 Å². The molecule has 0 heterocycles. The van der Waals surface area contributed by atoms with Crippen molar-refractivity contribution in [1.29, 1.82) is 0 Å². The van der Waals surface area contributed by atoms with E-state index >= 15 is 0 Å². The van der Waals surface area contributed by atoms with Gasteiger partial charge >= 0.3 is 5.97 Å². The normalized spacial score (nSPS) is 42.6. The second-order valence-corrected chi connectivity index (χ2v) is 14.2. The number of ketones is 1. The maximum atomic E-state index is 14.0. The number of hydrogen-bond acceptors (Lipinski definition) is 4. The van der Waals surface area contributed by atoms with Crippen molar-refractivity contribution >= 4 is 11.8 Å². The topological polar surface area (TPSA) is 94.8 Å². The first kappa shape index (κ1) is 27.6. The third-order valence-electron chi connectivity index (χ3n) is 11.9. The highest BCUT2D eigenvalue weighted by molar-refractivity contribution is 5.99. The van der Waals surface area contributed by atoms with E-state index in [-0.39, 0.29) is 22.5 Å². The van der Waals surface area contributed by atoms with Gasteiger partial charge in [-0.15, -0.1) is 0 Å². The zero-order chi connectivity index (χ0) is 27.0. The summed E-state index contributed by atoms with van der Waals surface area (Å²) in [6.45, 7) is 19.1. The van der Waals surface area contributed by atoms with E-state index in [4.69, 9.17) is 0 Å². The Morgan fingerprint density at radius 1 is 1.11 bits per heavy atom. The molecular formula is C31H48O5. The van der Waals surface area contributed by atoms with Crippen molar-refractivity contribution < 1.29 is 24.9 Å². The van der Waals surface area contributed by atoms with Crippen molar-refractivity contribution in [1.82, 2.24) is 0 Å². The molecule has 2 saturated carbocycles. The average molecular weight is 501 g/mol. The Kier molecular flexibility index (Phi) is 6.74. The van der Waals surface area contributed by atoms with Gasteiger partial charge in [-0.25, -0.2) is 0 Å². The molecule has 0 saturated heterocycles. The molecule has 4 aliphatic rings. The van der Waals surface area contributed by atoms with Gasteiger partial charge in [0.2, 0.25) is 0 Å². The molecule has 0 bridgehead atoms. The summed E-state index contributed by atoms with van der Waals surface area (Å²) in [7, 11) is 0. The molecule has 2 fully saturated rings. The van der Waals surface area contributed by atoms with Crippen molar-refractivity contribution in [2.75, 3.05) is 0 Å². The molecule has 4 aliphatic carbocycles. The smallest absolute Gasteiger partial charge is 0.306 e. The molecule has 0 aromatic rings. The second kappa shape index (κ2) is 8.80. The summed E-state index contributed by atoms with van der Waals surface area (Å²) >= 11 is 0. The quantitative estimate of drug-likeness (QED) is 0.392. The molecule has 8 atom stereocenters. The highest BCUT2D eigenvalue weighted by Crippen LogP contribution is 2.72. The zero-order valence-electron chi connectivity index (χ0n) is 23.5. The molecule has 0 amide bonds. The summed E-state index contributed by atoms with van der Waals surface area (Å²) in [6, 6.07) is 0. The lowest BCUT2D eigenvalue weighted by atomic mass is 9.43. The fourth-order valence-corrected chi connectivity index (χ4v) is 9.26. The van der Waals surface area contributed by atoms with Gasteiger partial charge in [-0.05, 0) is 73.0 Å². The van der Waals surface area contributed by atoms with Crippen molar-refractivity contribution in [3.8, 4) is 0 Å². The van der Waals surface area contributed by atoms with Gasteiger partial charge in [-0.1, -0.05) is 66.2 Å². The standard InChI is InChI=1S/C31H48O5/c1-17(2)18(3)9-10-19(27(35)36)25-22(33)16-31(8)26-20(11-14-30(25,31)7)29(6)13-12-24(34)28(4,5)23(29)15-21(26)32/h17,19,22-25,33-34H,3,9-16H2,1-2,4-8H3,(H,35,36). The molecule has 0 radical (unpaired) electrons. The van der Waals surface area contributed by atoms with E-state index in [0.717, 1.165) is 36.8 Å². The molecular weight excluding hydrogens is 452 g/mol. The Hall–Kier alpha value is -1.46. The van der Waals surface area contributed by atoms with Crippen LogP contribution in [0.5, 0.6) is 0 Å². The highest BCUT2D eigenvalue weighted by Gasteiger charge is 2.68. The van der Waals surface area contributed by atoms with Gasteiger partial charge in [0.05, 0.1) is 18.1 Å².